The molecule has 0 aliphatic carbocycles. The van der Waals surface area contributed by atoms with Gasteiger partial charge in [-0.2, -0.15) is 0 Å². The van der Waals surface area contributed by atoms with Crippen molar-refractivity contribution in [2.24, 2.45) is 11.7 Å². The maximum absolute atomic E-state index is 13.8. The summed E-state index contributed by atoms with van der Waals surface area (Å²) in [6, 6.07) is 11.6. The Morgan fingerprint density at radius 3 is 2.36 bits per heavy atom. The third kappa shape index (κ3) is 8.08. The number of carboxylic acid groups (broad SMARTS) is 1. The van der Waals surface area contributed by atoms with Gasteiger partial charge in [-0.25, -0.2) is 4.79 Å². The van der Waals surface area contributed by atoms with Gasteiger partial charge in [-0.1, -0.05) is 56.3 Å². The molecule has 0 unspecified atom stereocenters. The largest absolute Gasteiger partial charge is 0.508 e. The molecule has 0 spiro atoms. The summed E-state index contributed by atoms with van der Waals surface area (Å²) in [5.41, 5.74) is 7.56. The Morgan fingerprint density at radius 2 is 1.73 bits per heavy atom. The second kappa shape index (κ2) is 14.6. The van der Waals surface area contributed by atoms with Crippen LogP contribution in [0.25, 0.3) is 0 Å². The zero-order chi connectivity index (χ0) is 32.0. The zero-order valence-corrected chi connectivity index (χ0v) is 25.5. The number of carboxylic acids is 1. The van der Waals surface area contributed by atoms with Crippen molar-refractivity contribution >= 4 is 41.4 Å². The van der Waals surface area contributed by atoms with Gasteiger partial charge in [-0.15, -0.1) is 11.8 Å². The second-order valence-corrected chi connectivity index (χ2v) is 12.9. The number of nitrogens with two attached hydrogens (primary N) is 1. The minimum atomic E-state index is -1.15. The molecule has 4 amide bonds. The number of fused-ring (bicyclic) bond motifs is 1. The number of nitrogens with one attached hydrogen (secondary N) is 3. The Bertz CT molecular complexity index is 1360. The van der Waals surface area contributed by atoms with Crippen LogP contribution in [0.1, 0.15) is 49.5 Å². The Labute approximate surface area is 260 Å². The number of thioether (sulfide) groups is 1. The van der Waals surface area contributed by atoms with Crippen LogP contribution in [0.4, 0.5) is 0 Å². The molecular weight excluding hydrogens is 586 g/mol. The molecule has 2 aromatic rings. The van der Waals surface area contributed by atoms with Crippen LogP contribution in [-0.4, -0.2) is 80.8 Å². The molecule has 7 N–H and O–H groups in total. The van der Waals surface area contributed by atoms with Crippen molar-refractivity contribution in [1.29, 1.82) is 0 Å². The third-order valence-corrected chi connectivity index (χ3v) is 9.26. The van der Waals surface area contributed by atoms with Gasteiger partial charge in [0.15, 0.2) is 0 Å². The van der Waals surface area contributed by atoms with Gasteiger partial charge in [0.1, 0.15) is 23.9 Å². The van der Waals surface area contributed by atoms with E-state index in [1.807, 2.05) is 44.2 Å². The van der Waals surface area contributed by atoms with Gasteiger partial charge in [0.2, 0.25) is 23.6 Å². The number of nitrogens with zero attached hydrogens (tertiary/aromatic N) is 1. The first-order valence-electron chi connectivity index (χ1n) is 14.6. The topological polar surface area (TPSA) is 191 Å². The first-order chi connectivity index (χ1) is 20.9. The summed E-state index contributed by atoms with van der Waals surface area (Å²) < 4.78 is 0. The normalized spacial score (nSPS) is 22.5. The number of piperidine rings is 1. The van der Waals surface area contributed by atoms with Crippen molar-refractivity contribution in [3.8, 4) is 5.75 Å². The van der Waals surface area contributed by atoms with Crippen molar-refractivity contribution < 1.29 is 34.2 Å². The van der Waals surface area contributed by atoms with E-state index in [1.165, 1.54) is 28.8 Å². The SMILES string of the molecule is CC(C)C[C@H](NC(=O)[C@H]1[C@@H](c2ccccc2)S[C@H]2CC[C@H](NC(=O)CNC(=O)[C@@H](N)Cc3ccc(O)cc3)C(=O)N21)C(=O)O. The van der Waals surface area contributed by atoms with Crippen molar-refractivity contribution in [2.75, 3.05) is 6.54 Å². The van der Waals surface area contributed by atoms with Crippen LogP contribution >= 0.6 is 11.8 Å². The van der Waals surface area contributed by atoms with Crippen LogP contribution in [0, 0.1) is 5.92 Å². The van der Waals surface area contributed by atoms with Gasteiger partial charge in [0.05, 0.1) is 23.2 Å². The number of aromatic hydroxyl groups is 1. The van der Waals surface area contributed by atoms with Gasteiger partial charge in [0, 0.05) is 0 Å². The summed E-state index contributed by atoms with van der Waals surface area (Å²) in [5, 5.41) is 26.2. The van der Waals surface area contributed by atoms with Gasteiger partial charge >= 0.3 is 5.97 Å². The van der Waals surface area contributed by atoms with E-state index < -0.39 is 65.6 Å². The number of amides is 4. The van der Waals surface area contributed by atoms with Gasteiger partial charge < -0.3 is 36.8 Å². The fraction of sp³-hybridized carbons (Fsp3) is 0.452. The fourth-order valence-corrected chi connectivity index (χ4v) is 7.20. The predicted molar refractivity (Wildman–Crippen MR) is 164 cm³/mol. The maximum Gasteiger partial charge on any atom is 0.326 e. The van der Waals surface area contributed by atoms with Gasteiger partial charge in [-0.3, -0.25) is 19.2 Å². The number of hydrogen-bond donors (Lipinski definition) is 6. The van der Waals surface area contributed by atoms with E-state index in [1.54, 1.807) is 12.1 Å². The summed E-state index contributed by atoms with van der Waals surface area (Å²) in [4.78, 5) is 66.1. The van der Waals surface area contributed by atoms with Crippen LogP contribution < -0.4 is 21.7 Å². The van der Waals surface area contributed by atoms with Gasteiger partial charge in [0.25, 0.3) is 0 Å². The Morgan fingerprint density at radius 1 is 1.05 bits per heavy atom. The molecule has 2 saturated heterocycles. The molecule has 6 atom stereocenters. The molecule has 12 nitrogen and oxygen atoms in total. The fourth-order valence-electron chi connectivity index (χ4n) is 5.51. The number of phenols is 1. The molecule has 2 fully saturated rings. The zero-order valence-electron chi connectivity index (χ0n) is 24.6. The average Bonchev–Trinajstić information content (AvgIpc) is 3.39. The molecule has 13 heteroatoms. The molecule has 0 bridgehead atoms. The molecule has 2 heterocycles. The molecule has 44 heavy (non-hydrogen) atoms. The Hall–Kier alpha value is -4.10. The summed E-state index contributed by atoms with van der Waals surface area (Å²) in [6.45, 7) is 3.34. The van der Waals surface area contributed by atoms with E-state index in [0.717, 1.165) is 11.1 Å². The average molecular weight is 626 g/mol. The highest BCUT2D eigenvalue weighted by Gasteiger charge is 2.52. The van der Waals surface area contributed by atoms with Crippen LogP contribution in [0.2, 0.25) is 0 Å². The van der Waals surface area contributed by atoms with Crippen LogP contribution in [-0.2, 0) is 30.4 Å². The van der Waals surface area contributed by atoms with E-state index in [-0.39, 0.29) is 29.9 Å². The number of aliphatic carboxylic acids is 1. The summed E-state index contributed by atoms with van der Waals surface area (Å²) in [5.74, 6) is -3.16. The third-order valence-electron chi connectivity index (χ3n) is 7.66. The molecule has 0 aromatic heterocycles. The molecule has 0 radical (unpaired) electrons. The van der Waals surface area contributed by atoms with Crippen molar-refractivity contribution in [3.63, 3.8) is 0 Å². The van der Waals surface area contributed by atoms with Crippen LogP contribution in [0.15, 0.2) is 54.6 Å². The summed E-state index contributed by atoms with van der Waals surface area (Å²) >= 11 is 1.48. The lowest BCUT2D eigenvalue weighted by atomic mass is 9.97. The van der Waals surface area contributed by atoms with E-state index >= 15 is 0 Å². The highest BCUT2D eigenvalue weighted by Crippen LogP contribution is 2.49. The minimum absolute atomic E-state index is 0.0195. The minimum Gasteiger partial charge on any atom is -0.508 e. The molecular formula is C31H39N5O7S. The molecule has 2 aliphatic heterocycles. The van der Waals surface area contributed by atoms with Crippen LogP contribution in [0.5, 0.6) is 5.75 Å². The maximum atomic E-state index is 13.8. The van der Waals surface area contributed by atoms with E-state index in [9.17, 15) is 34.2 Å². The smallest absolute Gasteiger partial charge is 0.326 e. The Balaban J connectivity index is 1.42. The first kappa shape index (κ1) is 32.8. The summed E-state index contributed by atoms with van der Waals surface area (Å²) in [7, 11) is 0. The standard InChI is InChI=1S/C31H39N5O7S/c1-17(2)14-23(31(42)43)35-29(40)26-27(19-6-4-3-5-7-19)44-25-13-12-22(30(41)36(25)26)34-24(38)16-33-28(39)21(32)15-18-8-10-20(37)11-9-18/h3-11,17,21-23,25-27,37H,12-16,32H2,1-2H3,(H,33,39)(H,34,38)(H,35,40)(H,42,43)/t21-,22-,23-,25-,26+,27+/m0/s1. The lowest BCUT2D eigenvalue weighted by Crippen LogP contribution is -2.61. The monoisotopic (exact) mass is 625 g/mol. The molecule has 4 rings (SSSR count). The number of carbonyl (C=O) groups is 5. The van der Waals surface area contributed by atoms with E-state index in [4.69, 9.17) is 5.73 Å². The molecule has 0 saturated carbocycles. The molecule has 2 aromatic carbocycles. The highest BCUT2D eigenvalue weighted by atomic mass is 32.2. The van der Waals surface area contributed by atoms with E-state index in [2.05, 4.69) is 16.0 Å². The second-order valence-electron chi connectivity index (χ2n) is 11.5. The molecule has 2 aliphatic rings. The first-order valence-corrected chi connectivity index (χ1v) is 15.5. The predicted octanol–water partition coefficient (Wildman–Crippen LogP) is 1.28. The van der Waals surface area contributed by atoms with Crippen molar-refractivity contribution in [2.45, 2.75) is 74.3 Å². The summed E-state index contributed by atoms with van der Waals surface area (Å²) in [6.07, 6.45) is 1.28. The number of benzene rings is 2. The Kier molecular flexibility index (Phi) is 10.9. The lowest BCUT2D eigenvalue weighted by molar-refractivity contribution is -0.148. The number of carbonyl (C=O) groups excluding carboxylic acids is 4. The molecule has 236 valence electrons. The van der Waals surface area contributed by atoms with Crippen molar-refractivity contribution in [1.82, 2.24) is 20.9 Å². The number of hydrogen-bond acceptors (Lipinski definition) is 8. The quantitative estimate of drug-likeness (QED) is 0.202. The van der Waals surface area contributed by atoms with Crippen LogP contribution in [0.3, 0.4) is 0 Å². The van der Waals surface area contributed by atoms with E-state index in [0.29, 0.717) is 12.8 Å². The number of phenolic OH excluding ortho intramolecular Hbond substituents is 1. The lowest BCUT2D eigenvalue weighted by Gasteiger charge is -2.37. The van der Waals surface area contributed by atoms with Gasteiger partial charge in [-0.05, 0) is 54.9 Å². The highest BCUT2D eigenvalue weighted by molar-refractivity contribution is 8.00. The number of rotatable bonds is 12. The van der Waals surface area contributed by atoms with Crippen molar-refractivity contribution in [3.05, 3.63) is 65.7 Å².